The van der Waals surface area contributed by atoms with Gasteiger partial charge in [-0.1, -0.05) is 42.5 Å². The first-order chi connectivity index (χ1) is 10.7. The Hall–Kier alpha value is -2.68. The molecule has 0 aliphatic carbocycles. The Morgan fingerprint density at radius 1 is 1.14 bits per heavy atom. The maximum atomic E-state index is 4.33. The van der Waals surface area contributed by atoms with Gasteiger partial charge in [0.25, 0.3) is 0 Å². The van der Waals surface area contributed by atoms with Crippen LogP contribution < -0.4 is 0 Å². The molecule has 0 atom stereocenters. The number of rotatable bonds is 4. The summed E-state index contributed by atoms with van der Waals surface area (Å²) in [6.07, 6.45) is 7.86. The van der Waals surface area contributed by atoms with E-state index >= 15 is 0 Å². The molecule has 2 aromatic heterocycles. The molecule has 0 unspecified atom stereocenters. The van der Waals surface area contributed by atoms with Gasteiger partial charge in [-0.25, -0.2) is 0 Å². The SMILES string of the molecule is C=CCn1c(C)c(C)c2cnnc(C=Cc3ccccc3)c21. The molecule has 0 saturated heterocycles. The predicted molar refractivity (Wildman–Crippen MR) is 92.6 cm³/mol. The van der Waals surface area contributed by atoms with Gasteiger partial charge in [-0.15, -0.1) is 11.7 Å². The van der Waals surface area contributed by atoms with Gasteiger partial charge < -0.3 is 4.57 Å². The second-order valence-corrected chi connectivity index (χ2v) is 5.35. The van der Waals surface area contributed by atoms with Crippen molar-refractivity contribution in [3.63, 3.8) is 0 Å². The Morgan fingerprint density at radius 3 is 2.64 bits per heavy atom. The molecule has 0 bridgehead atoms. The average Bonchev–Trinajstić information content (AvgIpc) is 2.80. The van der Waals surface area contributed by atoms with E-state index in [1.54, 1.807) is 0 Å². The van der Waals surface area contributed by atoms with E-state index in [0.29, 0.717) is 0 Å². The molecule has 3 aromatic rings. The predicted octanol–water partition coefficient (Wildman–Crippen LogP) is 4.40. The van der Waals surface area contributed by atoms with Crippen LogP contribution in [0.25, 0.3) is 23.1 Å². The topological polar surface area (TPSA) is 30.7 Å². The van der Waals surface area contributed by atoms with Crippen LogP contribution in [0.3, 0.4) is 0 Å². The van der Waals surface area contributed by atoms with Gasteiger partial charge in [0.1, 0.15) is 5.69 Å². The Labute approximate surface area is 130 Å². The summed E-state index contributed by atoms with van der Waals surface area (Å²) in [5, 5.41) is 9.64. The summed E-state index contributed by atoms with van der Waals surface area (Å²) in [5.41, 5.74) is 5.65. The van der Waals surface area contributed by atoms with Crippen LogP contribution in [-0.4, -0.2) is 14.8 Å². The van der Waals surface area contributed by atoms with E-state index in [4.69, 9.17) is 0 Å². The quantitative estimate of drug-likeness (QED) is 0.666. The Bertz CT molecular complexity index is 842. The van der Waals surface area contributed by atoms with E-state index in [1.807, 2.05) is 36.5 Å². The van der Waals surface area contributed by atoms with Crippen molar-refractivity contribution in [2.24, 2.45) is 0 Å². The molecule has 0 fully saturated rings. The molecule has 1 aromatic carbocycles. The molecular formula is C19H19N3. The minimum atomic E-state index is 0.772. The fraction of sp³-hybridized carbons (Fsp3) is 0.158. The highest BCUT2D eigenvalue weighted by atomic mass is 15.1. The molecule has 2 heterocycles. The molecule has 0 aliphatic heterocycles. The van der Waals surface area contributed by atoms with Crippen molar-refractivity contribution in [1.29, 1.82) is 0 Å². The number of fused-ring (bicyclic) bond motifs is 1. The molecule has 0 N–H and O–H groups in total. The van der Waals surface area contributed by atoms with E-state index in [1.165, 1.54) is 11.3 Å². The molecule has 3 rings (SSSR count). The van der Waals surface area contributed by atoms with Gasteiger partial charge in [-0.3, -0.25) is 0 Å². The Morgan fingerprint density at radius 2 is 1.91 bits per heavy atom. The van der Waals surface area contributed by atoms with Crippen LogP contribution in [0, 0.1) is 13.8 Å². The van der Waals surface area contributed by atoms with Crippen LogP contribution in [0.1, 0.15) is 22.5 Å². The van der Waals surface area contributed by atoms with E-state index in [2.05, 4.69) is 53.4 Å². The molecule has 0 aliphatic rings. The first-order valence-electron chi connectivity index (χ1n) is 7.37. The van der Waals surface area contributed by atoms with Gasteiger partial charge in [-0.05, 0) is 31.1 Å². The molecule has 110 valence electrons. The van der Waals surface area contributed by atoms with E-state index in [9.17, 15) is 0 Å². The maximum absolute atomic E-state index is 4.33. The lowest BCUT2D eigenvalue weighted by atomic mass is 10.1. The van der Waals surface area contributed by atoms with Gasteiger partial charge in [0.05, 0.1) is 11.7 Å². The number of nitrogens with zero attached hydrogens (tertiary/aromatic N) is 3. The second-order valence-electron chi connectivity index (χ2n) is 5.35. The third-order valence-electron chi connectivity index (χ3n) is 4.02. The first kappa shape index (κ1) is 14.3. The molecule has 3 nitrogen and oxygen atoms in total. The zero-order valence-corrected chi connectivity index (χ0v) is 13.0. The lowest BCUT2D eigenvalue weighted by Crippen LogP contribution is -2.00. The van der Waals surface area contributed by atoms with Crippen molar-refractivity contribution < 1.29 is 0 Å². The normalized spacial score (nSPS) is 11.4. The lowest BCUT2D eigenvalue weighted by Gasteiger charge is -2.06. The Kier molecular flexibility index (Phi) is 3.88. The molecule has 0 amide bonds. The van der Waals surface area contributed by atoms with Crippen molar-refractivity contribution in [3.8, 4) is 0 Å². The number of aryl methyl sites for hydroxylation is 1. The van der Waals surface area contributed by atoms with Crippen LogP contribution >= 0.6 is 0 Å². The zero-order chi connectivity index (χ0) is 15.5. The summed E-state index contributed by atoms with van der Waals surface area (Å²) in [5.74, 6) is 0. The summed E-state index contributed by atoms with van der Waals surface area (Å²) >= 11 is 0. The van der Waals surface area contributed by atoms with Gasteiger partial charge >= 0.3 is 0 Å². The van der Waals surface area contributed by atoms with Crippen molar-refractivity contribution in [2.45, 2.75) is 20.4 Å². The molecular weight excluding hydrogens is 270 g/mol. The Balaban J connectivity index is 2.16. The summed E-state index contributed by atoms with van der Waals surface area (Å²) in [4.78, 5) is 0. The number of aromatic nitrogens is 3. The first-order valence-corrected chi connectivity index (χ1v) is 7.37. The third-order valence-corrected chi connectivity index (χ3v) is 4.02. The summed E-state index contributed by atoms with van der Waals surface area (Å²) < 4.78 is 2.25. The summed E-state index contributed by atoms with van der Waals surface area (Å²) in [7, 11) is 0. The highest BCUT2D eigenvalue weighted by molar-refractivity contribution is 5.91. The van der Waals surface area contributed by atoms with Crippen LogP contribution in [-0.2, 0) is 6.54 Å². The van der Waals surface area contributed by atoms with E-state index < -0.39 is 0 Å². The fourth-order valence-corrected chi connectivity index (χ4v) is 2.73. The van der Waals surface area contributed by atoms with Gasteiger partial charge in [0.2, 0.25) is 0 Å². The van der Waals surface area contributed by atoms with E-state index in [-0.39, 0.29) is 0 Å². The van der Waals surface area contributed by atoms with Crippen molar-refractivity contribution in [2.75, 3.05) is 0 Å². The largest absolute Gasteiger partial charge is 0.339 e. The van der Waals surface area contributed by atoms with E-state index in [0.717, 1.165) is 28.7 Å². The number of benzene rings is 1. The van der Waals surface area contributed by atoms with Crippen LogP contribution in [0.5, 0.6) is 0 Å². The maximum Gasteiger partial charge on any atom is 0.110 e. The molecule has 0 radical (unpaired) electrons. The van der Waals surface area contributed by atoms with Crippen LogP contribution in [0.4, 0.5) is 0 Å². The van der Waals surface area contributed by atoms with Crippen LogP contribution in [0.15, 0.2) is 49.2 Å². The van der Waals surface area contributed by atoms with Crippen molar-refractivity contribution in [1.82, 2.24) is 14.8 Å². The molecule has 3 heteroatoms. The van der Waals surface area contributed by atoms with Crippen LogP contribution in [0.2, 0.25) is 0 Å². The van der Waals surface area contributed by atoms with Gasteiger partial charge in [0, 0.05) is 17.6 Å². The van der Waals surface area contributed by atoms with Crippen molar-refractivity contribution >= 4 is 23.1 Å². The minimum Gasteiger partial charge on any atom is -0.339 e. The summed E-state index contributed by atoms with van der Waals surface area (Å²) in [6.45, 7) is 8.89. The standard InChI is InChI=1S/C19H19N3/c1-4-12-22-15(3)14(2)17-13-20-21-18(19(17)22)11-10-16-8-6-5-7-9-16/h4-11,13H,1,12H2,2-3H3. The number of hydrogen-bond donors (Lipinski definition) is 0. The molecule has 0 saturated carbocycles. The second kappa shape index (κ2) is 5.98. The highest BCUT2D eigenvalue weighted by Gasteiger charge is 2.13. The van der Waals surface area contributed by atoms with Crippen molar-refractivity contribution in [3.05, 3.63) is 71.7 Å². The fourth-order valence-electron chi connectivity index (χ4n) is 2.73. The molecule has 22 heavy (non-hydrogen) atoms. The molecule has 0 spiro atoms. The smallest absolute Gasteiger partial charge is 0.110 e. The van der Waals surface area contributed by atoms with Gasteiger partial charge in [-0.2, -0.15) is 5.10 Å². The zero-order valence-electron chi connectivity index (χ0n) is 13.0. The lowest BCUT2D eigenvalue weighted by molar-refractivity contribution is 0.819. The summed E-state index contributed by atoms with van der Waals surface area (Å²) in [6, 6.07) is 10.2. The highest BCUT2D eigenvalue weighted by Crippen LogP contribution is 2.27. The minimum absolute atomic E-state index is 0.772. The number of hydrogen-bond acceptors (Lipinski definition) is 2. The monoisotopic (exact) mass is 289 g/mol. The van der Waals surface area contributed by atoms with Gasteiger partial charge in [0.15, 0.2) is 0 Å². The average molecular weight is 289 g/mol. The third kappa shape index (κ3) is 2.46. The number of allylic oxidation sites excluding steroid dienone is 1.